The number of hydrogen-bond acceptors (Lipinski definition) is 3. The highest BCUT2D eigenvalue weighted by molar-refractivity contribution is 7.90. The molecular formula is C9H18F2N2O2S. The molecule has 2 atom stereocenters. The predicted molar refractivity (Wildman–Crippen MR) is 57.8 cm³/mol. The molecule has 0 aliphatic heterocycles. The van der Waals surface area contributed by atoms with Crippen molar-refractivity contribution in [3.63, 3.8) is 0 Å². The van der Waals surface area contributed by atoms with Crippen LogP contribution < -0.4 is 10.5 Å². The first-order valence-electron chi connectivity index (χ1n) is 5.10. The summed E-state index contributed by atoms with van der Waals surface area (Å²) < 4.78 is 50.8. The fraction of sp³-hybridized carbons (Fsp3) is 1.00. The number of sulfonamides is 1. The molecule has 16 heavy (non-hydrogen) atoms. The molecule has 96 valence electrons. The summed E-state index contributed by atoms with van der Waals surface area (Å²) in [7, 11) is -3.63. The van der Waals surface area contributed by atoms with Gasteiger partial charge in [0, 0.05) is 24.9 Å². The van der Waals surface area contributed by atoms with Crippen LogP contribution in [0.5, 0.6) is 0 Å². The van der Waals surface area contributed by atoms with Gasteiger partial charge in [0.15, 0.2) is 0 Å². The fourth-order valence-electron chi connectivity index (χ4n) is 1.55. The van der Waals surface area contributed by atoms with E-state index in [2.05, 4.69) is 4.72 Å². The first-order valence-corrected chi connectivity index (χ1v) is 6.58. The average Bonchev–Trinajstić information content (AvgIpc) is 2.20. The van der Waals surface area contributed by atoms with E-state index in [1.807, 2.05) is 0 Å². The molecule has 1 saturated carbocycles. The molecule has 0 saturated heterocycles. The van der Waals surface area contributed by atoms with E-state index < -0.39 is 45.6 Å². The average molecular weight is 256 g/mol. The van der Waals surface area contributed by atoms with Crippen molar-refractivity contribution in [1.29, 1.82) is 0 Å². The summed E-state index contributed by atoms with van der Waals surface area (Å²) in [5, 5.41) is 0. The summed E-state index contributed by atoms with van der Waals surface area (Å²) in [5.41, 5.74) is 5.50. The zero-order valence-corrected chi connectivity index (χ0v) is 10.4. The topological polar surface area (TPSA) is 72.2 Å². The normalized spacial score (nSPS) is 30.6. The van der Waals surface area contributed by atoms with Crippen LogP contribution in [-0.4, -0.2) is 31.2 Å². The van der Waals surface area contributed by atoms with Gasteiger partial charge in [-0.15, -0.1) is 0 Å². The molecule has 1 aliphatic rings. The minimum Gasteiger partial charge on any atom is -0.326 e. The molecule has 4 nitrogen and oxygen atoms in total. The van der Waals surface area contributed by atoms with E-state index in [0.717, 1.165) is 0 Å². The van der Waals surface area contributed by atoms with Crippen LogP contribution >= 0.6 is 0 Å². The first-order chi connectivity index (χ1) is 6.95. The Kier molecular flexibility index (Phi) is 3.35. The minimum atomic E-state index is -3.63. The van der Waals surface area contributed by atoms with Crippen molar-refractivity contribution in [2.24, 2.45) is 5.73 Å². The molecule has 7 heteroatoms. The van der Waals surface area contributed by atoms with Crippen LogP contribution in [0.4, 0.5) is 8.78 Å². The number of alkyl halides is 2. The summed E-state index contributed by atoms with van der Waals surface area (Å²) in [6.45, 7) is 4.52. The second-order valence-corrected chi connectivity index (χ2v) is 7.74. The Hall–Kier alpha value is -0.270. The summed E-state index contributed by atoms with van der Waals surface area (Å²) in [4.78, 5) is 0. The predicted octanol–water partition coefficient (Wildman–Crippen LogP) is 0.829. The molecule has 1 fully saturated rings. The number of rotatable bonds is 2. The lowest BCUT2D eigenvalue weighted by Gasteiger charge is -2.24. The van der Waals surface area contributed by atoms with Crippen molar-refractivity contribution in [3.8, 4) is 0 Å². The van der Waals surface area contributed by atoms with Crippen LogP contribution in [0.15, 0.2) is 0 Å². The highest BCUT2D eigenvalue weighted by Gasteiger charge is 2.47. The molecule has 0 bridgehead atoms. The SMILES string of the molecule is CC(C)(C)S(=O)(=O)N[C@@H]1CC(F)(F)C[C@@H]1N. The number of nitrogens with two attached hydrogens (primary N) is 1. The number of halogens is 2. The van der Waals surface area contributed by atoms with Gasteiger partial charge in [-0.3, -0.25) is 0 Å². The van der Waals surface area contributed by atoms with Crippen LogP contribution in [-0.2, 0) is 10.0 Å². The van der Waals surface area contributed by atoms with Crippen molar-refractivity contribution in [2.45, 2.75) is 56.4 Å². The third-order valence-electron chi connectivity index (χ3n) is 2.68. The molecule has 0 heterocycles. The van der Waals surface area contributed by atoms with Crippen LogP contribution in [0, 0.1) is 0 Å². The maximum atomic E-state index is 13.0. The fourth-order valence-corrected chi connectivity index (χ4v) is 2.56. The molecule has 0 unspecified atom stereocenters. The lowest BCUT2D eigenvalue weighted by atomic mass is 10.2. The van der Waals surface area contributed by atoms with Crippen molar-refractivity contribution >= 4 is 10.0 Å². The highest BCUT2D eigenvalue weighted by Crippen LogP contribution is 2.35. The highest BCUT2D eigenvalue weighted by atomic mass is 32.2. The van der Waals surface area contributed by atoms with Crippen LogP contribution in [0.1, 0.15) is 33.6 Å². The van der Waals surface area contributed by atoms with Gasteiger partial charge in [0.1, 0.15) is 0 Å². The third kappa shape index (κ3) is 2.89. The van der Waals surface area contributed by atoms with E-state index >= 15 is 0 Å². The van der Waals surface area contributed by atoms with Gasteiger partial charge >= 0.3 is 0 Å². The van der Waals surface area contributed by atoms with E-state index in [4.69, 9.17) is 5.73 Å². The van der Waals surface area contributed by atoms with Gasteiger partial charge < -0.3 is 5.73 Å². The third-order valence-corrected chi connectivity index (χ3v) is 4.91. The van der Waals surface area contributed by atoms with Gasteiger partial charge in [-0.1, -0.05) is 0 Å². The molecule has 0 aromatic carbocycles. The molecule has 1 aliphatic carbocycles. The van der Waals surface area contributed by atoms with Crippen molar-refractivity contribution in [1.82, 2.24) is 4.72 Å². The molecule has 0 aromatic rings. The Balaban J connectivity index is 2.78. The Bertz CT molecular complexity index is 362. The number of hydrogen-bond donors (Lipinski definition) is 2. The molecule has 3 N–H and O–H groups in total. The maximum Gasteiger partial charge on any atom is 0.251 e. The van der Waals surface area contributed by atoms with Gasteiger partial charge in [0.25, 0.3) is 5.92 Å². The largest absolute Gasteiger partial charge is 0.326 e. The zero-order chi connectivity index (χ0) is 12.8. The summed E-state index contributed by atoms with van der Waals surface area (Å²) >= 11 is 0. The van der Waals surface area contributed by atoms with Crippen molar-refractivity contribution < 1.29 is 17.2 Å². The molecule has 0 spiro atoms. The zero-order valence-electron chi connectivity index (χ0n) is 9.63. The van der Waals surface area contributed by atoms with Crippen molar-refractivity contribution in [3.05, 3.63) is 0 Å². The van der Waals surface area contributed by atoms with E-state index in [1.54, 1.807) is 0 Å². The van der Waals surface area contributed by atoms with Gasteiger partial charge in [0.2, 0.25) is 10.0 Å². The van der Waals surface area contributed by atoms with Gasteiger partial charge in [0.05, 0.1) is 4.75 Å². The van der Waals surface area contributed by atoms with E-state index in [1.165, 1.54) is 20.8 Å². The van der Waals surface area contributed by atoms with Gasteiger partial charge in [-0.2, -0.15) is 0 Å². The second kappa shape index (κ2) is 3.89. The molecule has 0 aromatic heterocycles. The monoisotopic (exact) mass is 256 g/mol. The summed E-state index contributed by atoms with van der Waals surface area (Å²) in [6, 6.07) is -1.70. The quantitative estimate of drug-likeness (QED) is 0.768. The Morgan fingerprint density at radius 1 is 1.31 bits per heavy atom. The van der Waals surface area contributed by atoms with Gasteiger partial charge in [-0.25, -0.2) is 21.9 Å². The minimum absolute atomic E-state index is 0.468. The van der Waals surface area contributed by atoms with Crippen molar-refractivity contribution in [2.75, 3.05) is 0 Å². The first kappa shape index (κ1) is 13.8. The summed E-state index contributed by atoms with van der Waals surface area (Å²) in [5.74, 6) is -2.87. The lowest BCUT2D eigenvalue weighted by Crippen LogP contribution is -2.49. The Labute approximate surface area is 94.6 Å². The van der Waals surface area contributed by atoms with E-state index in [0.29, 0.717) is 0 Å². The Morgan fingerprint density at radius 2 is 1.81 bits per heavy atom. The lowest BCUT2D eigenvalue weighted by molar-refractivity contribution is 0.00655. The molecular weight excluding hydrogens is 238 g/mol. The standard InChI is InChI=1S/C9H18F2N2O2S/c1-8(2,3)16(14,15)13-7-5-9(10,11)4-6(7)12/h6-7,13H,4-5,12H2,1-3H3/t6-,7+/m0/s1. The summed E-state index contributed by atoms with van der Waals surface area (Å²) in [6.07, 6.45) is -0.992. The smallest absolute Gasteiger partial charge is 0.251 e. The second-order valence-electron chi connectivity index (χ2n) is 5.27. The van der Waals surface area contributed by atoms with Crippen LogP contribution in [0.3, 0.4) is 0 Å². The van der Waals surface area contributed by atoms with Gasteiger partial charge in [-0.05, 0) is 20.8 Å². The van der Waals surface area contributed by atoms with E-state index in [-0.39, 0.29) is 0 Å². The molecule has 1 rings (SSSR count). The Morgan fingerprint density at radius 3 is 2.12 bits per heavy atom. The molecule has 0 amide bonds. The van der Waals surface area contributed by atoms with Crippen LogP contribution in [0.25, 0.3) is 0 Å². The maximum absolute atomic E-state index is 13.0. The van der Waals surface area contributed by atoms with E-state index in [9.17, 15) is 17.2 Å². The molecule has 0 radical (unpaired) electrons. The number of nitrogens with one attached hydrogen (secondary N) is 1. The van der Waals surface area contributed by atoms with Crippen LogP contribution in [0.2, 0.25) is 0 Å².